The van der Waals surface area contributed by atoms with E-state index in [4.69, 9.17) is 21.6 Å². The summed E-state index contributed by atoms with van der Waals surface area (Å²) in [6.07, 6.45) is 4.84. The maximum absolute atomic E-state index is 7.16. The van der Waals surface area contributed by atoms with Crippen LogP contribution in [0.15, 0.2) is 30.3 Å². The number of benzene rings is 1. The molecule has 5 N–H and O–H groups in total. The van der Waals surface area contributed by atoms with Crippen LogP contribution in [-0.4, -0.2) is 67.4 Å². The summed E-state index contributed by atoms with van der Waals surface area (Å²) in [4.78, 5) is 9.29. The van der Waals surface area contributed by atoms with E-state index in [1.165, 1.54) is 6.21 Å². The van der Waals surface area contributed by atoms with Crippen LogP contribution in [-0.2, 0) is 0 Å². The topological polar surface area (TPSA) is 104 Å². The van der Waals surface area contributed by atoms with Gasteiger partial charge >= 0.3 is 0 Å². The zero-order valence-corrected chi connectivity index (χ0v) is 16.5. The van der Waals surface area contributed by atoms with Gasteiger partial charge in [0, 0.05) is 49.5 Å². The zero-order valence-electron chi connectivity index (χ0n) is 16.5. The Labute approximate surface area is 166 Å². The summed E-state index contributed by atoms with van der Waals surface area (Å²) in [5, 5.41) is 8.07. The fraction of sp³-hybridized carbons (Fsp3) is 0.429. The van der Waals surface area contributed by atoms with Gasteiger partial charge in [0.25, 0.3) is 0 Å². The van der Waals surface area contributed by atoms with Crippen LogP contribution >= 0.6 is 0 Å². The molecule has 1 aliphatic rings. The number of hydrogen-bond acceptors (Lipinski definition) is 7. The van der Waals surface area contributed by atoms with Crippen LogP contribution in [0.3, 0.4) is 0 Å². The van der Waals surface area contributed by atoms with Gasteiger partial charge in [0.05, 0.1) is 12.1 Å². The maximum atomic E-state index is 7.16. The number of fused-ring (bicyclic) bond motifs is 1. The van der Waals surface area contributed by atoms with Crippen LogP contribution in [0.25, 0.3) is 16.6 Å². The number of aromatic nitrogens is 1. The van der Waals surface area contributed by atoms with E-state index in [-0.39, 0.29) is 0 Å². The molecule has 0 aliphatic carbocycles. The first-order valence-electron chi connectivity index (χ1n) is 9.77. The number of ether oxygens (including phenoxy) is 1. The minimum Gasteiger partial charge on any atom is -0.493 e. The lowest BCUT2D eigenvalue weighted by molar-refractivity contribution is 0.150. The molecule has 0 spiro atoms. The van der Waals surface area contributed by atoms with E-state index in [9.17, 15) is 0 Å². The van der Waals surface area contributed by atoms with E-state index in [1.54, 1.807) is 12.1 Å². The number of rotatable bonds is 8. The first kappa shape index (κ1) is 20.1. The number of piperazine rings is 1. The molecule has 7 nitrogen and oxygen atoms in total. The number of anilines is 1. The Morgan fingerprint density at radius 3 is 2.75 bits per heavy atom. The molecule has 150 valence electrons. The van der Waals surface area contributed by atoms with Crippen molar-refractivity contribution in [3.8, 4) is 5.75 Å². The fourth-order valence-corrected chi connectivity index (χ4v) is 3.39. The Kier molecular flexibility index (Phi) is 6.84. The summed E-state index contributed by atoms with van der Waals surface area (Å²) in [5.74, 6) is 1.18. The van der Waals surface area contributed by atoms with Gasteiger partial charge in [0.15, 0.2) is 0 Å². The predicted molar refractivity (Wildman–Crippen MR) is 116 cm³/mol. The van der Waals surface area contributed by atoms with Gasteiger partial charge in [-0.3, -0.25) is 0 Å². The zero-order chi connectivity index (χ0) is 19.9. The van der Waals surface area contributed by atoms with Crippen molar-refractivity contribution in [1.29, 1.82) is 5.41 Å². The van der Waals surface area contributed by atoms with Crippen molar-refractivity contribution in [2.24, 2.45) is 5.73 Å². The van der Waals surface area contributed by atoms with E-state index in [0.717, 1.165) is 67.8 Å². The second kappa shape index (κ2) is 9.52. The molecular formula is C21H30N6O. The van der Waals surface area contributed by atoms with E-state index < -0.39 is 0 Å². The van der Waals surface area contributed by atoms with Crippen LogP contribution in [0.4, 0.5) is 5.82 Å². The molecule has 0 radical (unpaired) electrons. The molecule has 1 aromatic heterocycles. The molecule has 0 saturated carbocycles. The lowest BCUT2D eigenvalue weighted by Crippen LogP contribution is -2.44. The summed E-state index contributed by atoms with van der Waals surface area (Å²) in [5.41, 5.74) is 14.0. The van der Waals surface area contributed by atoms with Crippen molar-refractivity contribution in [1.82, 2.24) is 14.8 Å². The number of likely N-dealkylation sites (N-methyl/N-ethyl adjacent to an activating group) is 1. The van der Waals surface area contributed by atoms with E-state index in [1.807, 2.05) is 18.2 Å². The molecule has 0 unspecified atom stereocenters. The van der Waals surface area contributed by atoms with Crippen molar-refractivity contribution < 1.29 is 4.74 Å². The number of pyridine rings is 1. The average molecular weight is 383 g/mol. The molecule has 0 atom stereocenters. The highest BCUT2D eigenvalue weighted by atomic mass is 16.5. The van der Waals surface area contributed by atoms with Gasteiger partial charge in [0.2, 0.25) is 0 Å². The van der Waals surface area contributed by atoms with Gasteiger partial charge in [-0.15, -0.1) is 0 Å². The molecule has 1 aliphatic heterocycles. The van der Waals surface area contributed by atoms with Crippen molar-refractivity contribution in [3.05, 3.63) is 35.9 Å². The Balaban J connectivity index is 1.58. The Morgan fingerprint density at radius 1 is 1.21 bits per heavy atom. The van der Waals surface area contributed by atoms with Gasteiger partial charge in [-0.25, -0.2) is 4.98 Å². The summed E-state index contributed by atoms with van der Waals surface area (Å²) in [6.45, 7) is 6.39. The monoisotopic (exact) mass is 382 g/mol. The Hall–Kier alpha value is -2.64. The number of nitrogens with two attached hydrogens (primary N) is 2. The predicted octanol–water partition coefficient (Wildman–Crippen LogP) is 2.17. The standard InChI is InChI=1S/C21H30N6O/c1-26-9-11-27(12-10-26)8-2-3-13-28-20-15-21(24)25-19-14-16(4-5-17(19)20)18(23)6-7-22/h4-7,14-15,22H,2-3,8-13,23H2,1H3,(H2,24,25)/b18-6-,22-7?. The fourth-order valence-electron chi connectivity index (χ4n) is 3.39. The molecule has 1 fully saturated rings. The van der Waals surface area contributed by atoms with Gasteiger partial charge < -0.3 is 31.4 Å². The van der Waals surface area contributed by atoms with Crippen molar-refractivity contribution >= 4 is 28.6 Å². The van der Waals surface area contributed by atoms with E-state index in [2.05, 4.69) is 21.8 Å². The normalized spacial score (nSPS) is 16.4. The number of nitrogen functional groups attached to an aromatic ring is 1. The van der Waals surface area contributed by atoms with Crippen LogP contribution < -0.4 is 16.2 Å². The lowest BCUT2D eigenvalue weighted by atomic mass is 10.1. The highest BCUT2D eigenvalue weighted by Crippen LogP contribution is 2.28. The molecule has 28 heavy (non-hydrogen) atoms. The molecule has 3 rings (SSSR count). The molecule has 1 saturated heterocycles. The molecule has 2 aromatic rings. The number of nitrogens with zero attached hydrogens (tertiary/aromatic N) is 3. The Morgan fingerprint density at radius 2 is 2.00 bits per heavy atom. The summed E-state index contributed by atoms with van der Waals surface area (Å²) < 4.78 is 6.03. The van der Waals surface area contributed by atoms with Crippen LogP contribution in [0.2, 0.25) is 0 Å². The summed E-state index contributed by atoms with van der Waals surface area (Å²) in [6, 6.07) is 7.51. The average Bonchev–Trinajstić information content (AvgIpc) is 2.68. The van der Waals surface area contributed by atoms with Crippen LogP contribution in [0.1, 0.15) is 18.4 Å². The largest absolute Gasteiger partial charge is 0.493 e. The molecule has 2 heterocycles. The first-order chi connectivity index (χ1) is 13.6. The molecule has 7 heteroatoms. The quantitative estimate of drug-likeness (QED) is 0.477. The number of hydrogen-bond donors (Lipinski definition) is 3. The van der Waals surface area contributed by atoms with Gasteiger partial charge in [-0.2, -0.15) is 0 Å². The minimum atomic E-state index is 0.423. The van der Waals surface area contributed by atoms with Crippen molar-refractivity contribution in [2.75, 3.05) is 52.1 Å². The number of nitrogens with one attached hydrogen (secondary N) is 1. The minimum absolute atomic E-state index is 0.423. The molecule has 0 bridgehead atoms. The smallest absolute Gasteiger partial charge is 0.132 e. The van der Waals surface area contributed by atoms with E-state index >= 15 is 0 Å². The molecule has 1 aromatic carbocycles. The highest BCUT2D eigenvalue weighted by molar-refractivity contribution is 5.90. The van der Waals surface area contributed by atoms with Gasteiger partial charge in [0.1, 0.15) is 11.6 Å². The molecule has 0 amide bonds. The number of unbranched alkanes of at least 4 members (excludes halogenated alkanes) is 1. The maximum Gasteiger partial charge on any atom is 0.132 e. The lowest BCUT2D eigenvalue weighted by Gasteiger charge is -2.32. The van der Waals surface area contributed by atoms with Gasteiger partial charge in [-0.1, -0.05) is 6.07 Å². The van der Waals surface area contributed by atoms with Crippen molar-refractivity contribution in [2.45, 2.75) is 12.8 Å². The highest BCUT2D eigenvalue weighted by Gasteiger charge is 2.13. The number of allylic oxidation sites excluding steroid dienone is 1. The third-order valence-electron chi connectivity index (χ3n) is 5.11. The van der Waals surface area contributed by atoms with E-state index in [0.29, 0.717) is 18.1 Å². The second-order valence-corrected chi connectivity index (χ2v) is 7.27. The summed E-state index contributed by atoms with van der Waals surface area (Å²) >= 11 is 0. The van der Waals surface area contributed by atoms with Crippen molar-refractivity contribution in [3.63, 3.8) is 0 Å². The Bertz CT molecular complexity index is 842. The second-order valence-electron chi connectivity index (χ2n) is 7.27. The third-order valence-corrected chi connectivity index (χ3v) is 5.11. The molecular weight excluding hydrogens is 352 g/mol. The van der Waals surface area contributed by atoms with Gasteiger partial charge in [-0.05, 0) is 50.2 Å². The summed E-state index contributed by atoms with van der Waals surface area (Å²) in [7, 11) is 2.18. The van der Waals surface area contributed by atoms with Crippen LogP contribution in [0.5, 0.6) is 5.75 Å². The first-order valence-corrected chi connectivity index (χ1v) is 9.77. The third kappa shape index (κ3) is 5.21. The van der Waals surface area contributed by atoms with Crippen LogP contribution in [0, 0.1) is 5.41 Å². The SMILES string of the molecule is CN1CCN(CCCCOc2cc(N)nc3cc(/C(N)=C/C=N)ccc23)CC1.